The van der Waals surface area contributed by atoms with Crippen LogP contribution in [0.1, 0.15) is 20.8 Å². The SMILES string of the molecule is CC(C)(C)[Si](C)(C)OC[C@@H]1CNc2cc(S(=O)O)cc([N+](=O)[O-])c2N1. The summed E-state index contributed by atoms with van der Waals surface area (Å²) in [5, 5.41) is 17.7. The Labute approximate surface area is 150 Å². The summed E-state index contributed by atoms with van der Waals surface area (Å²) in [5.41, 5.74) is 0.559. The standard InChI is InChI=1S/C15H25N3O5SSi/c1-15(2,3)25(4,5)23-9-10-8-16-12-6-11(24(21)22)7-13(18(19)20)14(12)17-10/h6-7,10,16-17H,8-9H2,1-5H3,(H,21,22)/t10-/m0/s1. The molecule has 0 saturated heterocycles. The minimum absolute atomic E-state index is 0.00396. The molecule has 3 N–H and O–H groups in total. The first-order valence-corrected chi connectivity index (χ1v) is 12.0. The number of hydrogen-bond acceptors (Lipinski definition) is 6. The summed E-state index contributed by atoms with van der Waals surface area (Å²) < 4.78 is 26.7. The molecule has 0 aromatic heterocycles. The third-order valence-electron chi connectivity index (χ3n) is 4.83. The number of rotatable bonds is 5. The van der Waals surface area contributed by atoms with E-state index in [1.54, 1.807) is 0 Å². The van der Waals surface area contributed by atoms with E-state index in [0.717, 1.165) is 6.07 Å². The lowest BCUT2D eigenvalue weighted by Gasteiger charge is -2.38. The van der Waals surface area contributed by atoms with Gasteiger partial charge in [-0.1, -0.05) is 20.8 Å². The summed E-state index contributed by atoms with van der Waals surface area (Å²) in [6, 6.07) is 2.46. The molecule has 2 atom stereocenters. The van der Waals surface area contributed by atoms with Gasteiger partial charge in [0.2, 0.25) is 0 Å². The van der Waals surface area contributed by atoms with Gasteiger partial charge in [-0.25, -0.2) is 4.21 Å². The second kappa shape index (κ2) is 7.02. The average molecular weight is 388 g/mol. The molecule has 0 fully saturated rings. The second-order valence-corrected chi connectivity index (χ2v) is 13.4. The molecule has 0 bridgehead atoms. The van der Waals surface area contributed by atoms with E-state index in [0.29, 0.717) is 24.5 Å². The summed E-state index contributed by atoms with van der Waals surface area (Å²) in [6.45, 7) is 11.7. The Morgan fingerprint density at radius 2 is 2.08 bits per heavy atom. The molecule has 1 aliphatic heterocycles. The normalized spacial score (nSPS) is 18.7. The zero-order valence-corrected chi connectivity index (χ0v) is 16.9. The highest BCUT2D eigenvalue weighted by Crippen LogP contribution is 2.39. The first-order valence-electron chi connectivity index (χ1n) is 8.00. The maximum absolute atomic E-state index is 11.3. The number of nitro groups is 1. The van der Waals surface area contributed by atoms with Crippen molar-refractivity contribution in [1.82, 2.24) is 0 Å². The highest BCUT2D eigenvalue weighted by Gasteiger charge is 2.38. The molecule has 0 radical (unpaired) electrons. The zero-order chi connectivity index (χ0) is 19.0. The fourth-order valence-corrected chi connectivity index (χ4v) is 3.73. The highest BCUT2D eigenvalue weighted by molar-refractivity contribution is 7.79. The number of nitrogens with one attached hydrogen (secondary N) is 2. The van der Waals surface area contributed by atoms with Gasteiger partial charge >= 0.3 is 0 Å². The van der Waals surface area contributed by atoms with Gasteiger partial charge in [-0.3, -0.25) is 10.1 Å². The summed E-state index contributed by atoms with van der Waals surface area (Å²) >= 11 is -2.28. The molecule has 10 heteroatoms. The highest BCUT2D eigenvalue weighted by atomic mass is 32.2. The smallest absolute Gasteiger partial charge is 0.295 e. The number of nitrogens with zero attached hydrogens (tertiary/aromatic N) is 1. The van der Waals surface area contributed by atoms with Crippen LogP contribution in [0.15, 0.2) is 17.0 Å². The van der Waals surface area contributed by atoms with Gasteiger partial charge in [0.1, 0.15) is 5.69 Å². The molecule has 140 valence electrons. The summed E-state index contributed by atoms with van der Waals surface area (Å²) in [7, 11) is -1.91. The van der Waals surface area contributed by atoms with E-state index in [9.17, 15) is 18.9 Å². The van der Waals surface area contributed by atoms with Crippen LogP contribution in [0.4, 0.5) is 17.1 Å². The number of nitro benzene ring substituents is 1. The maximum atomic E-state index is 11.3. The van der Waals surface area contributed by atoms with E-state index < -0.39 is 24.3 Å². The zero-order valence-electron chi connectivity index (χ0n) is 15.1. The fraction of sp³-hybridized carbons (Fsp3) is 0.600. The topological polar surface area (TPSA) is 114 Å². The largest absolute Gasteiger partial charge is 0.415 e. The van der Waals surface area contributed by atoms with Crippen LogP contribution in [-0.4, -0.2) is 41.2 Å². The van der Waals surface area contributed by atoms with Crippen LogP contribution < -0.4 is 10.6 Å². The number of anilines is 2. The number of benzene rings is 1. The molecular formula is C15H25N3O5SSi. The first kappa shape index (κ1) is 19.8. The van der Waals surface area contributed by atoms with Crippen LogP contribution >= 0.6 is 0 Å². The Bertz CT molecular complexity index is 705. The monoisotopic (exact) mass is 387 g/mol. The van der Waals surface area contributed by atoms with Crippen molar-refractivity contribution in [3.8, 4) is 0 Å². The van der Waals surface area contributed by atoms with Gasteiger partial charge in [-0.2, -0.15) is 0 Å². The van der Waals surface area contributed by atoms with Gasteiger partial charge in [0.15, 0.2) is 19.4 Å². The molecule has 8 nitrogen and oxygen atoms in total. The van der Waals surface area contributed by atoms with E-state index in [2.05, 4.69) is 44.5 Å². The lowest BCUT2D eigenvalue weighted by atomic mass is 10.1. The van der Waals surface area contributed by atoms with Crippen molar-refractivity contribution >= 4 is 36.5 Å². The van der Waals surface area contributed by atoms with Gasteiger partial charge in [0, 0.05) is 12.6 Å². The Kier molecular flexibility index (Phi) is 5.57. The van der Waals surface area contributed by atoms with Crippen molar-refractivity contribution < 1.29 is 18.1 Å². The molecule has 1 aromatic rings. The Morgan fingerprint density at radius 3 is 2.60 bits per heavy atom. The van der Waals surface area contributed by atoms with Gasteiger partial charge in [-0.15, -0.1) is 0 Å². The van der Waals surface area contributed by atoms with E-state index in [-0.39, 0.29) is 21.7 Å². The van der Waals surface area contributed by atoms with Crippen LogP contribution in [0.25, 0.3) is 0 Å². The van der Waals surface area contributed by atoms with E-state index in [1.165, 1.54) is 6.07 Å². The van der Waals surface area contributed by atoms with Gasteiger partial charge in [0.25, 0.3) is 5.69 Å². The maximum Gasteiger partial charge on any atom is 0.295 e. The molecule has 0 amide bonds. The van der Waals surface area contributed by atoms with Crippen molar-refractivity contribution in [3.63, 3.8) is 0 Å². The van der Waals surface area contributed by atoms with Crippen molar-refractivity contribution in [2.45, 2.75) is 49.8 Å². The molecule has 0 saturated carbocycles. The van der Waals surface area contributed by atoms with Crippen molar-refractivity contribution in [2.75, 3.05) is 23.8 Å². The summed E-state index contributed by atoms with van der Waals surface area (Å²) in [4.78, 5) is 10.8. The van der Waals surface area contributed by atoms with Crippen molar-refractivity contribution in [2.24, 2.45) is 0 Å². The predicted molar refractivity (Wildman–Crippen MR) is 101 cm³/mol. The predicted octanol–water partition coefficient (Wildman–Crippen LogP) is 3.40. The van der Waals surface area contributed by atoms with Crippen molar-refractivity contribution in [3.05, 3.63) is 22.2 Å². The van der Waals surface area contributed by atoms with E-state index >= 15 is 0 Å². The van der Waals surface area contributed by atoms with E-state index in [1.807, 2.05) is 0 Å². The molecule has 1 unspecified atom stereocenters. The van der Waals surface area contributed by atoms with E-state index in [4.69, 9.17) is 4.43 Å². The quantitative estimate of drug-likeness (QED) is 0.307. The third kappa shape index (κ3) is 4.38. The van der Waals surface area contributed by atoms with Crippen molar-refractivity contribution in [1.29, 1.82) is 0 Å². The fourth-order valence-electron chi connectivity index (χ4n) is 2.25. The minimum atomic E-state index is -2.28. The summed E-state index contributed by atoms with van der Waals surface area (Å²) in [6.07, 6.45) is 0. The molecule has 1 aliphatic rings. The number of fused-ring (bicyclic) bond motifs is 1. The number of hydrogen-bond donors (Lipinski definition) is 3. The average Bonchev–Trinajstić information content (AvgIpc) is 2.50. The minimum Gasteiger partial charge on any atom is -0.415 e. The van der Waals surface area contributed by atoms with Gasteiger partial charge < -0.3 is 19.6 Å². The van der Waals surface area contributed by atoms with Crippen LogP contribution in [0.3, 0.4) is 0 Å². The Balaban J connectivity index is 2.21. The molecular weight excluding hydrogens is 362 g/mol. The Morgan fingerprint density at radius 1 is 1.44 bits per heavy atom. The first-order chi connectivity index (χ1) is 11.4. The van der Waals surface area contributed by atoms with Gasteiger partial charge in [-0.05, 0) is 24.2 Å². The molecule has 1 aromatic carbocycles. The van der Waals surface area contributed by atoms with Crippen LogP contribution in [0.2, 0.25) is 18.1 Å². The molecule has 0 aliphatic carbocycles. The third-order valence-corrected chi connectivity index (χ3v) is 9.97. The molecule has 0 spiro atoms. The van der Waals surface area contributed by atoms with Crippen LogP contribution in [0.5, 0.6) is 0 Å². The molecule has 2 rings (SSSR count). The lowest BCUT2D eigenvalue weighted by molar-refractivity contribution is -0.384. The summed E-state index contributed by atoms with van der Waals surface area (Å²) in [5.74, 6) is 0. The molecule has 25 heavy (non-hydrogen) atoms. The van der Waals surface area contributed by atoms with Crippen LogP contribution in [-0.2, 0) is 15.5 Å². The lowest BCUT2D eigenvalue weighted by Crippen LogP contribution is -2.46. The van der Waals surface area contributed by atoms with Crippen LogP contribution in [0, 0.1) is 10.1 Å². The van der Waals surface area contributed by atoms with Gasteiger partial charge in [0.05, 0.1) is 28.2 Å². The second-order valence-electron chi connectivity index (χ2n) is 7.66. The molecule has 1 heterocycles. The Hall–Kier alpha value is -1.49.